The van der Waals surface area contributed by atoms with E-state index in [2.05, 4.69) is 0 Å². The van der Waals surface area contributed by atoms with E-state index in [1.807, 2.05) is 20.8 Å². The molecule has 120 valence electrons. The van der Waals surface area contributed by atoms with Crippen LogP contribution in [0, 0.1) is 11.8 Å². The fourth-order valence-electron chi connectivity index (χ4n) is 3.15. The van der Waals surface area contributed by atoms with Gasteiger partial charge in [-0.3, -0.25) is 4.90 Å². The van der Waals surface area contributed by atoms with Gasteiger partial charge in [0.1, 0.15) is 6.04 Å². The Morgan fingerprint density at radius 2 is 2.05 bits per heavy atom. The van der Waals surface area contributed by atoms with Crippen molar-refractivity contribution in [2.24, 2.45) is 11.8 Å². The van der Waals surface area contributed by atoms with E-state index in [1.165, 1.54) is 16.7 Å². The zero-order valence-electron chi connectivity index (χ0n) is 12.7. The molecule has 0 aromatic rings. The zero-order valence-corrected chi connectivity index (χ0v) is 13.5. The molecular formula is C14H24N2O4S. The first-order valence-electron chi connectivity index (χ1n) is 7.42. The molecule has 7 heteroatoms. The van der Waals surface area contributed by atoms with Crippen LogP contribution in [0.2, 0.25) is 0 Å². The summed E-state index contributed by atoms with van der Waals surface area (Å²) >= 11 is 1.53. The van der Waals surface area contributed by atoms with Crippen molar-refractivity contribution in [3.8, 4) is 0 Å². The van der Waals surface area contributed by atoms with Gasteiger partial charge in [0.15, 0.2) is 0 Å². The molecule has 2 N–H and O–H groups in total. The normalized spacial score (nSPS) is 33.0. The maximum Gasteiger partial charge on any atom is 0.327 e. The van der Waals surface area contributed by atoms with Gasteiger partial charge in [0.05, 0.1) is 18.0 Å². The molecule has 2 fully saturated rings. The predicted octanol–water partition coefficient (Wildman–Crippen LogP) is 1.29. The van der Waals surface area contributed by atoms with Gasteiger partial charge in [-0.15, -0.1) is 11.8 Å². The van der Waals surface area contributed by atoms with Crippen LogP contribution < -0.4 is 0 Å². The molecule has 6 nitrogen and oxygen atoms in total. The first-order valence-corrected chi connectivity index (χ1v) is 8.47. The minimum absolute atomic E-state index is 0.0715. The molecule has 0 radical (unpaired) electrons. The number of carboxylic acid groups (broad SMARTS) is 1. The monoisotopic (exact) mass is 316 g/mol. The lowest BCUT2D eigenvalue weighted by Crippen LogP contribution is -2.54. The summed E-state index contributed by atoms with van der Waals surface area (Å²) in [5.41, 5.74) is 0. The number of carboxylic acids is 1. The van der Waals surface area contributed by atoms with Crippen molar-refractivity contribution in [1.29, 1.82) is 0 Å². The highest BCUT2D eigenvalue weighted by Gasteiger charge is 2.47. The summed E-state index contributed by atoms with van der Waals surface area (Å²) in [5, 5.41) is 18.8. The number of urea groups is 1. The Morgan fingerprint density at radius 1 is 1.38 bits per heavy atom. The van der Waals surface area contributed by atoms with Crippen LogP contribution in [-0.4, -0.2) is 68.4 Å². The van der Waals surface area contributed by atoms with Crippen LogP contribution in [0.4, 0.5) is 4.79 Å². The third-order valence-corrected chi connectivity index (χ3v) is 6.05. The molecule has 0 aliphatic carbocycles. The SMILES string of the molecule is CC(C)C1SCC(C(=O)O)N1C(=O)N1CCC(C)C1CO. The van der Waals surface area contributed by atoms with Crippen molar-refractivity contribution in [2.75, 3.05) is 18.9 Å². The van der Waals surface area contributed by atoms with Gasteiger partial charge in [0.25, 0.3) is 0 Å². The van der Waals surface area contributed by atoms with Gasteiger partial charge in [-0.1, -0.05) is 20.8 Å². The lowest BCUT2D eigenvalue weighted by molar-refractivity contribution is -0.141. The second kappa shape index (κ2) is 6.44. The van der Waals surface area contributed by atoms with Crippen LogP contribution in [0.3, 0.4) is 0 Å². The molecule has 2 heterocycles. The number of aliphatic hydroxyl groups excluding tert-OH is 1. The Balaban J connectivity index is 2.23. The van der Waals surface area contributed by atoms with Gasteiger partial charge in [-0.25, -0.2) is 9.59 Å². The summed E-state index contributed by atoms with van der Waals surface area (Å²) in [6.07, 6.45) is 0.849. The van der Waals surface area contributed by atoms with E-state index in [-0.39, 0.29) is 35.9 Å². The zero-order chi connectivity index (χ0) is 15.7. The molecule has 21 heavy (non-hydrogen) atoms. The van der Waals surface area contributed by atoms with E-state index in [0.29, 0.717) is 12.3 Å². The number of amides is 2. The summed E-state index contributed by atoms with van der Waals surface area (Å²) < 4.78 is 0. The molecule has 0 aromatic carbocycles. The lowest BCUT2D eigenvalue weighted by atomic mass is 10.0. The Labute approximate surface area is 129 Å². The fraction of sp³-hybridized carbons (Fsp3) is 0.857. The van der Waals surface area contributed by atoms with Gasteiger partial charge in [-0.05, 0) is 18.3 Å². The first kappa shape index (κ1) is 16.4. The summed E-state index contributed by atoms with van der Waals surface area (Å²) in [7, 11) is 0. The number of hydrogen-bond donors (Lipinski definition) is 2. The molecule has 2 rings (SSSR count). The molecule has 0 spiro atoms. The summed E-state index contributed by atoms with van der Waals surface area (Å²) in [4.78, 5) is 27.5. The Bertz CT molecular complexity index is 418. The Hall–Kier alpha value is -0.950. The number of likely N-dealkylation sites (tertiary alicyclic amines) is 1. The lowest BCUT2D eigenvalue weighted by Gasteiger charge is -2.35. The summed E-state index contributed by atoms with van der Waals surface area (Å²) in [6, 6.07) is -1.22. The predicted molar refractivity (Wildman–Crippen MR) is 81.1 cm³/mol. The number of aliphatic hydroxyl groups is 1. The van der Waals surface area contributed by atoms with Crippen LogP contribution in [0.1, 0.15) is 27.2 Å². The third kappa shape index (κ3) is 2.99. The molecule has 0 aromatic heterocycles. The first-order chi connectivity index (χ1) is 9.88. The highest BCUT2D eigenvalue weighted by atomic mass is 32.2. The molecule has 2 aliphatic heterocycles. The second-order valence-corrected chi connectivity index (χ2v) is 7.37. The minimum Gasteiger partial charge on any atom is -0.480 e. The third-order valence-electron chi connectivity index (χ3n) is 4.43. The molecule has 0 bridgehead atoms. The van der Waals surface area contributed by atoms with E-state index in [0.717, 1.165) is 6.42 Å². The average Bonchev–Trinajstić information content (AvgIpc) is 3.01. The number of carbonyl (C=O) groups excluding carboxylic acids is 1. The summed E-state index contributed by atoms with van der Waals surface area (Å²) in [6.45, 7) is 6.53. The summed E-state index contributed by atoms with van der Waals surface area (Å²) in [5.74, 6) is -0.0884. The van der Waals surface area contributed by atoms with E-state index < -0.39 is 12.0 Å². The number of thioether (sulfide) groups is 1. The topological polar surface area (TPSA) is 81.1 Å². The van der Waals surface area contributed by atoms with Crippen LogP contribution >= 0.6 is 11.8 Å². The van der Waals surface area contributed by atoms with Gasteiger partial charge < -0.3 is 15.1 Å². The molecule has 2 aliphatic rings. The number of nitrogens with zero attached hydrogens (tertiary/aromatic N) is 2. The van der Waals surface area contributed by atoms with E-state index in [9.17, 15) is 19.8 Å². The standard InChI is InChI=1S/C14H24N2O4S/c1-8(2)12-16(11(7-21-12)13(18)19)14(20)15-5-4-9(3)10(15)6-17/h8-12,17H,4-7H2,1-3H3,(H,18,19). The average molecular weight is 316 g/mol. The van der Waals surface area contributed by atoms with Crippen LogP contribution in [0.5, 0.6) is 0 Å². The van der Waals surface area contributed by atoms with Crippen molar-refractivity contribution in [3.05, 3.63) is 0 Å². The van der Waals surface area contributed by atoms with Crippen molar-refractivity contribution >= 4 is 23.8 Å². The Kier molecular flexibility index (Phi) is 5.03. The highest BCUT2D eigenvalue weighted by Crippen LogP contribution is 2.36. The van der Waals surface area contributed by atoms with E-state index >= 15 is 0 Å². The number of aliphatic carboxylic acids is 1. The van der Waals surface area contributed by atoms with Gasteiger partial charge in [0, 0.05) is 12.3 Å². The molecular weight excluding hydrogens is 292 g/mol. The van der Waals surface area contributed by atoms with Crippen LogP contribution in [0.25, 0.3) is 0 Å². The van der Waals surface area contributed by atoms with Crippen LogP contribution in [-0.2, 0) is 4.79 Å². The molecule has 4 unspecified atom stereocenters. The van der Waals surface area contributed by atoms with Crippen molar-refractivity contribution in [3.63, 3.8) is 0 Å². The molecule has 2 saturated heterocycles. The van der Waals surface area contributed by atoms with Crippen molar-refractivity contribution in [1.82, 2.24) is 9.80 Å². The highest BCUT2D eigenvalue weighted by molar-refractivity contribution is 8.00. The number of carbonyl (C=O) groups is 2. The van der Waals surface area contributed by atoms with Gasteiger partial charge >= 0.3 is 12.0 Å². The molecule has 0 saturated carbocycles. The van der Waals surface area contributed by atoms with Crippen molar-refractivity contribution < 1.29 is 19.8 Å². The number of hydrogen-bond acceptors (Lipinski definition) is 4. The van der Waals surface area contributed by atoms with Crippen molar-refractivity contribution in [2.45, 2.75) is 44.6 Å². The van der Waals surface area contributed by atoms with Gasteiger partial charge in [-0.2, -0.15) is 0 Å². The second-order valence-electron chi connectivity index (χ2n) is 6.22. The van der Waals surface area contributed by atoms with Gasteiger partial charge in [0.2, 0.25) is 0 Å². The number of rotatable bonds is 3. The smallest absolute Gasteiger partial charge is 0.327 e. The molecule has 2 amide bonds. The molecule has 4 atom stereocenters. The fourth-order valence-corrected chi connectivity index (χ4v) is 4.61. The van der Waals surface area contributed by atoms with E-state index in [4.69, 9.17) is 0 Å². The maximum absolute atomic E-state index is 12.9. The van der Waals surface area contributed by atoms with E-state index in [1.54, 1.807) is 4.90 Å². The Morgan fingerprint density at radius 3 is 2.57 bits per heavy atom. The minimum atomic E-state index is -0.952. The van der Waals surface area contributed by atoms with Crippen LogP contribution in [0.15, 0.2) is 0 Å². The maximum atomic E-state index is 12.9. The quantitative estimate of drug-likeness (QED) is 0.820. The largest absolute Gasteiger partial charge is 0.480 e.